The molecule has 0 atom stereocenters. The minimum atomic E-state index is -0.433. The minimum absolute atomic E-state index is 0.296. The number of nitrogens with one attached hydrogen (secondary N) is 1. The van der Waals surface area contributed by atoms with Crippen LogP contribution in [0.25, 0.3) is 0 Å². The number of nitrogens with two attached hydrogens (primary N) is 1. The van der Waals surface area contributed by atoms with Crippen LogP contribution < -0.4 is 11.1 Å². The Morgan fingerprint density at radius 2 is 2.17 bits per heavy atom. The van der Waals surface area contributed by atoms with Crippen molar-refractivity contribution in [1.29, 1.82) is 0 Å². The monoisotopic (exact) mass is 248 g/mol. The van der Waals surface area contributed by atoms with Crippen molar-refractivity contribution in [2.75, 3.05) is 11.9 Å². The Bertz CT molecular complexity index is 426. The Kier molecular flexibility index (Phi) is 3.87. The highest BCUT2D eigenvalue weighted by Crippen LogP contribution is 2.27. The van der Waals surface area contributed by atoms with Crippen LogP contribution in [-0.2, 0) is 4.74 Å². The number of benzene rings is 1. The molecule has 0 spiro atoms. The summed E-state index contributed by atoms with van der Waals surface area (Å²) in [5.74, 6) is 0. The number of carbonyl (C=O) groups is 1. The molecule has 1 aliphatic carbocycles. The lowest BCUT2D eigenvalue weighted by atomic mass is 10.0. The number of hydrogen-bond donors (Lipinski definition) is 2. The van der Waals surface area contributed by atoms with Gasteiger partial charge in [0.05, 0.1) is 5.54 Å². The van der Waals surface area contributed by atoms with Crippen LogP contribution in [0.3, 0.4) is 0 Å². The van der Waals surface area contributed by atoms with Crippen molar-refractivity contribution < 1.29 is 9.53 Å². The molecule has 18 heavy (non-hydrogen) atoms. The van der Waals surface area contributed by atoms with Gasteiger partial charge in [-0.05, 0) is 37.5 Å². The Morgan fingerprint density at radius 1 is 1.44 bits per heavy atom. The number of anilines is 1. The molecule has 0 aromatic heterocycles. The molecule has 4 nitrogen and oxygen atoms in total. The number of rotatable bonds is 3. The molecule has 1 aromatic rings. The van der Waals surface area contributed by atoms with E-state index in [1.165, 1.54) is 0 Å². The number of ether oxygens (including phenoxy) is 1. The third kappa shape index (κ3) is 3.47. The Morgan fingerprint density at radius 3 is 2.83 bits per heavy atom. The molecule has 0 radical (unpaired) electrons. The van der Waals surface area contributed by atoms with Gasteiger partial charge in [-0.25, -0.2) is 4.79 Å². The summed E-state index contributed by atoms with van der Waals surface area (Å²) in [4.78, 5) is 11.6. The second-order valence-electron chi connectivity index (χ2n) is 5.14. The molecular weight excluding hydrogens is 228 g/mol. The number of hydrogen-bond acceptors (Lipinski definition) is 3. The summed E-state index contributed by atoms with van der Waals surface area (Å²) in [7, 11) is 0. The molecule has 3 N–H and O–H groups in total. The average Bonchev–Trinajstić information content (AvgIpc) is 2.74. The Labute approximate surface area is 108 Å². The predicted octanol–water partition coefficient (Wildman–Crippen LogP) is 2.82. The van der Waals surface area contributed by atoms with Gasteiger partial charge in [-0.3, -0.25) is 5.32 Å². The zero-order valence-electron chi connectivity index (χ0n) is 10.7. The van der Waals surface area contributed by atoms with Gasteiger partial charge in [0.2, 0.25) is 0 Å². The smallest absolute Gasteiger partial charge is 0.411 e. The van der Waals surface area contributed by atoms with Crippen molar-refractivity contribution >= 4 is 11.8 Å². The molecule has 0 bridgehead atoms. The molecule has 0 aliphatic heterocycles. The fourth-order valence-electron chi connectivity index (χ4n) is 2.31. The zero-order chi connectivity index (χ0) is 13.0. The summed E-state index contributed by atoms with van der Waals surface area (Å²) in [6, 6.07) is 7.60. The number of carbonyl (C=O) groups excluding carboxylic acids is 1. The van der Waals surface area contributed by atoms with Gasteiger partial charge in [-0.1, -0.05) is 25.0 Å². The number of aryl methyl sites for hydroxylation is 1. The van der Waals surface area contributed by atoms with Crippen molar-refractivity contribution in [2.24, 2.45) is 5.73 Å². The standard InChI is InChI=1S/C14H20N2O2/c1-11-5-4-6-12(9-11)16-13(17)18-10-14(15)7-2-3-8-14/h4-6,9H,2-3,7-8,10,15H2,1H3,(H,16,17). The van der Waals surface area contributed by atoms with Crippen LogP contribution in [0, 0.1) is 6.92 Å². The first-order chi connectivity index (χ1) is 8.57. The van der Waals surface area contributed by atoms with E-state index in [4.69, 9.17) is 10.5 Å². The second kappa shape index (κ2) is 5.40. The van der Waals surface area contributed by atoms with Gasteiger partial charge in [-0.2, -0.15) is 0 Å². The summed E-state index contributed by atoms with van der Waals surface area (Å²) in [5, 5.41) is 2.71. The van der Waals surface area contributed by atoms with E-state index in [9.17, 15) is 4.79 Å². The van der Waals surface area contributed by atoms with Crippen molar-refractivity contribution in [2.45, 2.75) is 38.1 Å². The fourth-order valence-corrected chi connectivity index (χ4v) is 2.31. The third-order valence-electron chi connectivity index (χ3n) is 3.35. The van der Waals surface area contributed by atoms with E-state index in [1.54, 1.807) is 0 Å². The summed E-state index contributed by atoms with van der Waals surface area (Å²) in [6.07, 6.45) is 3.69. The quantitative estimate of drug-likeness (QED) is 0.864. The number of amides is 1. The lowest BCUT2D eigenvalue weighted by Crippen LogP contribution is -2.42. The highest BCUT2D eigenvalue weighted by Gasteiger charge is 2.30. The fraction of sp³-hybridized carbons (Fsp3) is 0.500. The largest absolute Gasteiger partial charge is 0.447 e. The maximum absolute atomic E-state index is 11.6. The van der Waals surface area contributed by atoms with Crippen molar-refractivity contribution in [3.63, 3.8) is 0 Å². The summed E-state index contributed by atoms with van der Waals surface area (Å²) >= 11 is 0. The van der Waals surface area contributed by atoms with Crippen molar-refractivity contribution in [1.82, 2.24) is 0 Å². The van der Waals surface area contributed by atoms with Gasteiger partial charge in [0.1, 0.15) is 6.61 Å². The van der Waals surface area contributed by atoms with E-state index in [0.29, 0.717) is 6.61 Å². The normalized spacial score (nSPS) is 17.4. The van der Waals surface area contributed by atoms with E-state index in [2.05, 4.69) is 5.32 Å². The lowest BCUT2D eigenvalue weighted by Gasteiger charge is -2.22. The molecule has 1 aliphatic rings. The van der Waals surface area contributed by atoms with E-state index in [-0.39, 0.29) is 5.54 Å². The zero-order valence-corrected chi connectivity index (χ0v) is 10.7. The van der Waals surface area contributed by atoms with Crippen LogP contribution >= 0.6 is 0 Å². The average molecular weight is 248 g/mol. The van der Waals surface area contributed by atoms with Gasteiger partial charge in [-0.15, -0.1) is 0 Å². The predicted molar refractivity (Wildman–Crippen MR) is 71.5 cm³/mol. The van der Waals surface area contributed by atoms with Gasteiger partial charge in [0, 0.05) is 5.69 Å². The topological polar surface area (TPSA) is 64.3 Å². The SMILES string of the molecule is Cc1cccc(NC(=O)OCC2(N)CCCC2)c1. The van der Waals surface area contributed by atoms with E-state index in [1.807, 2.05) is 31.2 Å². The molecule has 1 amide bonds. The van der Waals surface area contributed by atoms with Crippen LogP contribution in [-0.4, -0.2) is 18.2 Å². The molecule has 4 heteroatoms. The first kappa shape index (κ1) is 12.9. The molecular formula is C14H20N2O2. The van der Waals surface area contributed by atoms with Crippen molar-refractivity contribution in [3.8, 4) is 0 Å². The van der Waals surface area contributed by atoms with E-state index in [0.717, 1.165) is 36.9 Å². The molecule has 0 unspecified atom stereocenters. The van der Waals surface area contributed by atoms with E-state index >= 15 is 0 Å². The minimum Gasteiger partial charge on any atom is -0.447 e. The highest BCUT2D eigenvalue weighted by molar-refractivity contribution is 5.84. The van der Waals surface area contributed by atoms with E-state index < -0.39 is 6.09 Å². The Balaban J connectivity index is 1.82. The van der Waals surface area contributed by atoms with Crippen molar-refractivity contribution in [3.05, 3.63) is 29.8 Å². The molecule has 2 rings (SSSR count). The Hall–Kier alpha value is -1.55. The first-order valence-corrected chi connectivity index (χ1v) is 6.37. The van der Waals surface area contributed by atoms with Gasteiger partial charge < -0.3 is 10.5 Å². The lowest BCUT2D eigenvalue weighted by molar-refractivity contribution is 0.130. The molecule has 1 fully saturated rings. The first-order valence-electron chi connectivity index (χ1n) is 6.37. The molecule has 0 heterocycles. The van der Waals surface area contributed by atoms with Crippen LogP contribution in [0.4, 0.5) is 10.5 Å². The third-order valence-corrected chi connectivity index (χ3v) is 3.35. The molecule has 1 aromatic carbocycles. The molecule has 1 saturated carbocycles. The summed E-state index contributed by atoms with van der Waals surface area (Å²) in [5.41, 5.74) is 7.65. The maximum atomic E-state index is 11.6. The summed E-state index contributed by atoms with van der Waals surface area (Å²) in [6.45, 7) is 2.27. The van der Waals surface area contributed by atoms with Gasteiger partial charge >= 0.3 is 6.09 Å². The van der Waals surface area contributed by atoms with Crippen LogP contribution in [0.1, 0.15) is 31.2 Å². The second-order valence-corrected chi connectivity index (χ2v) is 5.14. The molecule has 0 saturated heterocycles. The maximum Gasteiger partial charge on any atom is 0.411 e. The molecule has 98 valence electrons. The van der Waals surface area contributed by atoms with Gasteiger partial charge in [0.15, 0.2) is 0 Å². The van der Waals surface area contributed by atoms with Crippen LogP contribution in [0.2, 0.25) is 0 Å². The summed E-state index contributed by atoms with van der Waals surface area (Å²) < 4.78 is 5.20. The highest BCUT2D eigenvalue weighted by atomic mass is 16.5. The van der Waals surface area contributed by atoms with Crippen LogP contribution in [0.5, 0.6) is 0 Å². The van der Waals surface area contributed by atoms with Gasteiger partial charge in [0.25, 0.3) is 0 Å². The van der Waals surface area contributed by atoms with Crippen LogP contribution in [0.15, 0.2) is 24.3 Å².